The van der Waals surface area contributed by atoms with Crippen molar-refractivity contribution >= 4 is 29.1 Å². The Kier molecular flexibility index (Phi) is 6.64. The van der Waals surface area contributed by atoms with Crippen LogP contribution in [-0.2, 0) is 9.59 Å². The van der Waals surface area contributed by atoms with E-state index < -0.39 is 6.04 Å². The summed E-state index contributed by atoms with van der Waals surface area (Å²) in [6.07, 6.45) is 7.93. The number of aryl methyl sites for hydroxylation is 1. The summed E-state index contributed by atoms with van der Waals surface area (Å²) in [5.41, 5.74) is 7.09. The summed E-state index contributed by atoms with van der Waals surface area (Å²) in [6, 6.07) is 29.1. The molecule has 0 saturated heterocycles. The molecule has 2 atom stereocenters. The Hall–Kier alpha value is -4.77. The van der Waals surface area contributed by atoms with E-state index in [4.69, 9.17) is 0 Å². The number of pyridine rings is 1. The van der Waals surface area contributed by atoms with Gasteiger partial charge in [0.1, 0.15) is 0 Å². The second-order valence-electron chi connectivity index (χ2n) is 10.1. The van der Waals surface area contributed by atoms with Crippen molar-refractivity contribution in [2.24, 2.45) is 0 Å². The number of hydrogen-bond donors (Lipinski definition) is 1. The fourth-order valence-corrected chi connectivity index (χ4v) is 5.57. The van der Waals surface area contributed by atoms with E-state index in [1.165, 1.54) is 5.56 Å². The molecule has 6 rings (SSSR count). The van der Waals surface area contributed by atoms with Crippen LogP contribution in [0.15, 0.2) is 121 Å². The Morgan fingerprint density at radius 2 is 1.67 bits per heavy atom. The standard InChI is InChI=1S/C34H29N3O2/c1-23-13-16-25(17-14-23)27-20-29-33(31(38)21-27)34(26-10-7-19-35-22-26)37(30-12-6-5-11-28(30)36-29)32(39)18-15-24-8-3-2-4-9-24/h2-19,22,27,34,36H,20-21H2,1H3/b18-15+. The topological polar surface area (TPSA) is 62.3 Å². The van der Waals surface area contributed by atoms with Gasteiger partial charge in [-0.1, -0.05) is 78.4 Å². The smallest absolute Gasteiger partial charge is 0.251 e. The normalized spacial score (nSPS) is 18.8. The zero-order chi connectivity index (χ0) is 26.8. The third-order valence-corrected chi connectivity index (χ3v) is 7.49. The molecule has 1 N–H and O–H groups in total. The van der Waals surface area contributed by atoms with Crippen molar-refractivity contribution in [3.63, 3.8) is 0 Å². The Bertz CT molecular complexity index is 1570. The van der Waals surface area contributed by atoms with Gasteiger partial charge >= 0.3 is 0 Å². The van der Waals surface area contributed by atoms with Crippen LogP contribution in [0, 0.1) is 6.92 Å². The van der Waals surface area contributed by atoms with E-state index in [1.54, 1.807) is 23.4 Å². The molecule has 192 valence electrons. The van der Waals surface area contributed by atoms with Crippen molar-refractivity contribution in [1.29, 1.82) is 0 Å². The highest BCUT2D eigenvalue weighted by Gasteiger charge is 2.41. The maximum absolute atomic E-state index is 14.0. The number of allylic oxidation sites excluding steroid dienone is 1. The van der Waals surface area contributed by atoms with Crippen LogP contribution < -0.4 is 10.2 Å². The van der Waals surface area contributed by atoms with Crippen molar-refractivity contribution in [3.05, 3.63) is 143 Å². The molecule has 0 saturated carbocycles. The number of carbonyl (C=O) groups is 2. The van der Waals surface area contributed by atoms with Crippen molar-refractivity contribution in [3.8, 4) is 0 Å². The second kappa shape index (κ2) is 10.5. The van der Waals surface area contributed by atoms with E-state index in [9.17, 15) is 9.59 Å². The predicted octanol–water partition coefficient (Wildman–Crippen LogP) is 7.00. The lowest BCUT2D eigenvalue weighted by Gasteiger charge is -2.34. The molecule has 0 bridgehead atoms. The molecule has 5 heteroatoms. The Morgan fingerprint density at radius 1 is 0.897 bits per heavy atom. The number of anilines is 2. The lowest BCUT2D eigenvalue weighted by Crippen LogP contribution is -2.37. The van der Waals surface area contributed by atoms with Crippen molar-refractivity contribution < 1.29 is 9.59 Å². The van der Waals surface area contributed by atoms with Crippen LogP contribution in [0.5, 0.6) is 0 Å². The number of hydrogen-bond acceptors (Lipinski definition) is 4. The number of aromatic nitrogens is 1. The zero-order valence-electron chi connectivity index (χ0n) is 21.7. The minimum Gasteiger partial charge on any atom is -0.357 e. The van der Waals surface area contributed by atoms with Gasteiger partial charge in [-0.3, -0.25) is 19.5 Å². The zero-order valence-corrected chi connectivity index (χ0v) is 21.7. The van der Waals surface area contributed by atoms with E-state index in [1.807, 2.05) is 72.8 Å². The number of fused-ring (bicyclic) bond motifs is 1. The SMILES string of the molecule is Cc1ccc(C2CC(=O)C3=C(C2)Nc2ccccc2N(C(=O)/C=C/c2ccccc2)C3c2cccnc2)cc1. The third-order valence-electron chi connectivity index (χ3n) is 7.49. The first kappa shape index (κ1) is 24.6. The number of rotatable bonds is 4. The predicted molar refractivity (Wildman–Crippen MR) is 155 cm³/mol. The van der Waals surface area contributed by atoms with Gasteiger partial charge in [-0.15, -0.1) is 0 Å². The summed E-state index contributed by atoms with van der Waals surface area (Å²) < 4.78 is 0. The lowest BCUT2D eigenvalue weighted by molar-refractivity contribution is -0.116. The Balaban J connectivity index is 1.49. The van der Waals surface area contributed by atoms with Crippen LogP contribution in [0.4, 0.5) is 11.4 Å². The summed E-state index contributed by atoms with van der Waals surface area (Å²) in [5.74, 6) is -0.101. The molecule has 1 aliphatic heterocycles. The molecule has 2 unspecified atom stereocenters. The van der Waals surface area contributed by atoms with E-state index in [-0.39, 0.29) is 17.6 Å². The number of Topliss-reactive ketones (excluding diaryl/α,β-unsaturated/α-hetero) is 1. The van der Waals surface area contributed by atoms with Crippen LogP contribution in [0.3, 0.4) is 0 Å². The number of carbonyl (C=O) groups excluding carboxylic acids is 2. The highest BCUT2D eigenvalue weighted by molar-refractivity contribution is 6.10. The number of nitrogens with zero attached hydrogens (tertiary/aromatic N) is 2. The molecule has 4 aromatic rings. The minimum absolute atomic E-state index is 0.0424. The van der Waals surface area contributed by atoms with E-state index in [0.717, 1.165) is 33.8 Å². The maximum Gasteiger partial charge on any atom is 0.251 e. The quantitative estimate of drug-likeness (QED) is 0.300. The molecule has 0 fully saturated rings. The molecule has 0 spiro atoms. The summed E-state index contributed by atoms with van der Waals surface area (Å²) in [5, 5.41) is 3.58. The van der Waals surface area contributed by atoms with E-state index in [0.29, 0.717) is 18.4 Å². The van der Waals surface area contributed by atoms with Gasteiger partial charge < -0.3 is 5.32 Å². The van der Waals surface area contributed by atoms with Crippen molar-refractivity contribution in [2.75, 3.05) is 10.2 Å². The van der Waals surface area contributed by atoms with Gasteiger partial charge in [-0.25, -0.2) is 0 Å². The third kappa shape index (κ3) is 4.91. The van der Waals surface area contributed by atoms with Gasteiger partial charge in [0.05, 0.1) is 17.4 Å². The molecule has 0 radical (unpaired) electrons. The Labute approximate surface area is 228 Å². The average Bonchev–Trinajstić information content (AvgIpc) is 3.12. The monoisotopic (exact) mass is 511 g/mol. The molecule has 1 aliphatic carbocycles. The Morgan fingerprint density at radius 3 is 2.44 bits per heavy atom. The summed E-state index contributed by atoms with van der Waals surface area (Å²) in [6.45, 7) is 2.07. The van der Waals surface area contributed by atoms with Gasteiger partial charge in [0.2, 0.25) is 0 Å². The number of para-hydroxylation sites is 2. The first-order valence-corrected chi connectivity index (χ1v) is 13.2. The minimum atomic E-state index is -0.607. The molecule has 5 nitrogen and oxygen atoms in total. The summed E-state index contributed by atoms with van der Waals surface area (Å²) in [7, 11) is 0. The molecule has 3 aromatic carbocycles. The summed E-state index contributed by atoms with van der Waals surface area (Å²) >= 11 is 0. The molecular weight excluding hydrogens is 482 g/mol. The van der Waals surface area contributed by atoms with Crippen LogP contribution >= 0.6 is 0 Å². The maximum atomic E-state index is 14.0. The average molecular weight is 512 g/mol. The number of ketones is 1. The largest absolute Gasteiger partial charge is 0.357 e. The fourth-order valence-electron chi connectivity index (χ4n) is 5.57. The molecule has 1 amide bonds. The number of amides is 1. The van der Waals surface area contributed by atoms with Crippen LogP contribution in [0.25, 0.3) is 6.08 Å². The van der Waals surface area contributed by atoms with Crippen LogP contribution in [-0.4, -0.2) is 16.7 Å². The fraction of sp³-hybridized carbons (Fsp3) is 0.147. The highest BCUT2D eigenvalue weighted by atomic mass is 16.2. The number of benzene rings is 3. The van der Waals surface area contributed by atoms with Crippen molar-refractivity contribution in [2.45, 2.75) is 31.7 Å². The van der Waals surface area contributed by atoms with Gasteiger partial charge in [-0.2, -0.15) is 0 Å². The first-order chi connectivity index (χ1) is 19.1. The van der Waals surface area contributed by atoms with E-state index >= 15 is 0 Å². The van der Waals surface area contributed by atoms with Crippen molar-refractivity contribution in [1.82, 2.24) is 4.98 Å². The molecule has 2 aliphatic rings. The molecular formula is C34H29N3O2. The second-order valence-corrected chi connectivity index (χ2v) is 10.1. The van der Waals surface area contributed by atoms with E-state index in [2.05, 4.69) is 41.5 Å². The first-order valence-electron chi connectivity index (χ1n) is 13.2. The molecule has 1 aromatic heterocycles. The van der Waals surface area contributed by atoms with Crippen LogP contribution in [0.1, 0.15) is 47.1 Å². The van der Waals surface area contributed by atoms with Gasteiger partial charge in [0.25, 0.3) is 5.91 Å². The highest BCUT2D eigenvalue weighted by Crippen LogP contribution is 2.47. The molecule has 2 heterocycles. The molecule has 39 heavy (non-hydrogen) atoms. The number of nitrogens with one attached hydrogen (secondary N) is 1. The summed E-state index contributed by atoms with van der Waals surface area (Å²) in [4.78, 5) is 34.2. The lowest BCUT2D eigenvalue weighted by atomic mass is 9.78. The van der Waals surface area contributed by atoms with Gasteiger partial charge in [-0.05, 0) is 60.2 Å². The van der Waals surface area contributed by atoms with Gasteiger partial charge in [0.15, 0.2) is 5.78 Å². The van der Waals surface area contributed by atoms with Crippen LogP contribution in [0.2, 0.25) is 0 Å². The van der Waals surface area contributed by atoms with Gasteiger partial charge in [0, 0.05) is 36.2 Å².